The Morgan fingerprint density at radius 1 is 1.39 bits per heavy atom. The Labute approximate surface area is 147 Å². The van der Waals surface area contributed by atoms with Crippen LogP contribution in [0.15, 0.2) is 34.5 Å². The maximum absolute atomic E-state index is 12.8. The van der Waals surface area contributed by atoms with Crippen molar-refractivity contribution in [1.82, 2.24) is 14.6 Å². The molecule has 5 nitrogen and oxygen atoms in total. The summed E-state index contributed by atoms with van der Waals surface area (Å²) in [5.74, 6) is 0. The summed E-state index contributed by atoms with van der Waals surface area (Å²) < 4.78 is 27.2. The summed E-state index contributed by atoms with van der Waals surface area (Å²) in [6, 6.07) is 7.24. The van der Waals surface area contributed by atoms with E-state index in [1.807, 2.05) is 25.3 Å². The molecule has 1 saturated heterocycles. The molecular formula is C15H20ClN3O2S2. The van der Waals surface area contributed by atoms with Crippen LogP contribution in [0.1, 0.15) is 12.6 Å². The Kier molecular flexibility index (Phi) is 5.80. The first-order valence-corrected chi connectivity index (χ1v) is 9.55. The monoisotopic (exact) mass is 373 g/mol. The molecule has 1 fully saturated rings. The van der Waals surface area contributed by atoms with Crippen molar-refractivity contribution in [3.8, 4) is 10.6 Å². The Morgan fingerprint density at radius 3 is 2.83 bits per heavy atom. The zero-order valence-corrected chi connectivity index (χ0v) is 15.5. The molecule has 0 amide bonds. The molecule has 2 aromatic rings. The van der Waals surface area contributed by atoms with E-state index in [0.717, 1.165) is 16.3 Å². The second kappa shape index (κ2) is 7.27. The third kappa shape index (κ3) is 3.92. The quantitative estimate of drug-likeness (QED) is 0.898. The molecule has 1 aromatic heterocycles. The van der Waals surface area contributed by atoms with E-state index in [9.17, 15) is 8.42 Å². The van der Waals surface area contributed by atoms with E-state index in [1.165, 1.54) is 11.3 Å². The van der Waals surface area contributed by atoms with E-state index in [4.69, 9.17) is 0 Å². The molecule has 0 saturated carbocycles. The highest BCUT2D eigenvalue weighted by molar-refractivity contribution is 7.89. The Bertz CT molecular complexity index is 777. The summed E-state index contributed by atoms with van der Waals surface area (Å²) in [5.41, 5.74) is 1.80. The number of halogens is 1. The smallest absolute Gasteiger partial charge is 0.243 e. The fourth-order valence-electron chi connectivity index (χ4n) is 2.54. The number of piperazine rings is 1. The van der Waals surface area contributed by atoms with Gasteiger partial charge >= 0.3 is 0 Å². The Morgan fingerprint density at radius 2 is 2.17 bits per heavy atom. The van der Waals surface area contributed by atoms with Crippen molar-refractivity contribution in [3.63, 3.8) is 0 Å². The molecule has 2 heterocycles. The van der Waals surface area contributed by atoms with Crippen LogP contribution in [-0.2, 0) is 10.0 Å². The van der Waals surface area contributed by atoms with Gasteiger partial charge in [-0.05, 0) is 26.0 Å². The maximum Gasteiger partial charge on any atom is 0.243 e. The number of hydrogen-bond donors (Lipinski definition) is 1. The summed E-state index contributed by atoms with van der Waals surface area (Å²) in [5, 5.41) is 6.08. The second-order valence-corrected chi connectivity index (χ2v) is 8.34. The average Bonchev–Trinajstić information content (AvgIpc) is 2.94. The van der Waals surface area contributed by atoms with Crippen LogP contribution in [0, 0.1) is 6.92 Å². The number of nitrogens with one attached hydrogen (secondary N) is 1. The molecule has 126 valence electrons. The topological polar surface area (TPSA) is 62.3 Å². The van der Waals surface area contributed by atoms with Crippen LogP contribution in [0.2, 0.25) is 0 Å². The first kappa shape index (κ1) is 18.4. The summed E-state index contributed by atoms with van der Waals surface area (Å²) >= 11 is 1.53. The fourth-order valence-corrected chi connectivity index (χ4v) is 4.91. The van der Waals surface area contributed by atoms with Crippen molar-refractivity contribution < 1.29 is 8.42 Å². The molecular weight excluding hydrogens is 354 g/mol. The first-order valence-electron chi connectivity index (χ1n) is 7.23. The van der Waals surface area contributed by atoms with Crippen LogP contribution in [0.4, 0.5) is 0 Å². The van der Waals surface area contributed by atoms with E-state index in [0.29, 0.717) is 24.5 Å². The molecule has 1 N–H and O–H groups in total. The number of nitrogens with zero attached hydrogens (tertiary/aromatic N) is 2. The lowest BCUT2D eigenvalue weighted by Gasteiger charge is -2.31. The molecule has 0 spiro atoms. The highest BCUT2D eigenvalue weighted by Crippen LogP contribution is 2.27. The summed E-state index contributed by atoms with van der Waals surface area (Å²) in [7, 11) is -3.45. The number of aryl methyl sites for hydroxylation is 1. The minimum Gasteiger partial charge on any atom is -0.312 e. The summed E-state index contributed by atoms with van der Waals surface area (Å²) in [4.78, 5) is 4.77. The predicted molar refractivity (Wildman–Crippen MR) is 95.8 cm³/mol. The molecule has 3 rings (SSSR count). The van der Waals surface area contributed by atoms with Crippen LogP contribution < -0.4 is 5.32 Å². The van der Waals surface area contributed by atoms with Crippen molar-refractivity contribution >= 4 is 33.8 Å². The van der Waals surface area contributed by atoms with Crippen molar-refractivity contribution in [2.45, 2.75) is 24.8 Å². The van der Waals surface area contributed by atoms with Crippen LogP contribution in [0.25, 0.3) is 10.6 Å². The van der Waals surface area contributed by atoms with Gasteiger partial charge in [0.15, 0.2) is 0 Å². The SMILES string of the molecule is Cc1csc(-c2cccc(S(=O)(=O)N3CCN[C@H](C)C3)c2)n1.Cl. The van der Waals surface area contributed by atoms with Gasteiger partial charge in [-0.15, -0.1) is 23.7 Å². The van der Waals surface area contributed by atoms with Crippen LogP contribution in [0.5, 0.6) is 0 Å². The lowest BCUT2D eigenvalue weighted by Crippen LogP contribution is -2.51. The minimum absolute atomic E-state index is 0. The molecule has 23 heavy (non-hydrogen) atoms. The molecule has 1 aliphatic rings. The molecule has 1 atom stereocenters. The molecule has 0 radical (unpaired) electrons. The molecule has 1 aliphatic heterocycles. The van der Waals surface area contributed by atoms with E-state index in [-0.39, 0.29) is 18.4 Å². The van der Waals surface area contributed by atoms with Gasteiger partial charge in [-0.1, -0.05) is 12.1 Å². The van der Waals surface area contributed by atoms with Gasteiger partial charge in [0.25, 0.3) is 0 Å². The van der Waals surface area contributed by atoms with Crippen LogP contribution >= 0.6 is 23.7 Å². The van der Waals surface area contributed by atoms with Crippen LogP contribution in [-0.4, -0.2) is 43.4 Å². The van der Waals surface area contributed by atoms with Gasteiger partial charge in [-0.2, -0.15) is 4.31 Å². The van der Waals surface area contributed by atoms with Gasteiger partial charge in [0, 0.05) is 42.3 Å². The normalized spacial score (nSPS) is 19.3. The lowest BCUT2D eigenvalue weighted by atomic mass is 10.2. The van der Waals surface area contributed by atoms with E-state index in [2.05, 4.69) is 10.3 Å². The van der Waals surface area contributed by atoms with E-state index in [1.54, 1.807) is 22.5 Å². The molecule has 0 aliphatic carbocycles. The van der Waals surface area contributed by atoms with Crippen molar-refractivity contribution in [1.29, 1.82) is 0 Å². The zero-order chi connectivity index (χ0) is 15.7. The highest BCUT2D eigenvalue weighted by atomic mass is 35.5. The van der Waals surface area contributed by atoms with Crippen molar-refractivity contribution in [2.24, 2.45) is 0 Å². The second-order valence-electron chi connectivity index (χ2n) is 5.54. The first-order chi connectivity index (χ1) is 10.5. The Hall–Kier alpha value is -0.990. The number of rotatable bonds is 3. The number of thiazole rings is 1. The van der Waals surface area contributed by atoms with Crippen molar-refractivity contribution in [2.75, 3.05) is 19.6 Å². The van der Waals surface area contributed by atoms with Crippen LogP contribution in [0.3, 0.4) is 0 Å². The highest BCUT2D eigenvalue weighted by Gasteiger charge is 2.28. The van der Waals surface area contributed by atoms with Gasteiger partial charge in [-0.3, -0.25) is 0 Å². The van der Waals surface area contributed by atoms with Gasteiger partial charge < -0.3 is 5.32 Å². The third-order valence-corrected chi connectivity index (χ3v) is 6.54. The van der Waals surface area contributed by atoms with E-state index >= 15 is 0 Å². The maximum atomic E-state index is 12.8. The minimum atomic E-state index is -3.45. The molecule has 0 bridgehead atoms. The van der Waals surface area contributed by atoms with Gasteiger partial charge in [0.2, 0.25) is 10.0 Å². The number of sulfonamides is 1. The number of hydrogen-bond acceptors (Lipinski definition) is 5. The number of aromatic nitrogens is 1. The van der Waals surface area contributed by atoms with E-state index < -0.39 is 10.0 Å². The predicted octanol–water partition coefficient (Wildman–Crippen LogP) is 2.52. The van der Waals surface area contributed by atoms with Crippen molar-refractivity contribution in [3.05, 3.63) is 35.3 Å². The fraction of sp³-hybridized carbons (Fsp3) is 0.400. The largest absolute Gasteiger partial charge is 0.312 e. The number of benzene rings is 1. The van der Waals surface area contributed by atoms with Gasteiger partial charge in [0.05, 0.1) is 4.90 Å². The summed E-state index contributed by atoms with van der Waals surface area (Å²) in [6.07, 6.45) is 0. The standard InChI is InChI=1S/C15H19N3O2S2.ClH/c1-11-9-18(7-6-16-11)22(19,20)14-5-3-4-13(8-14)15-17-12(2)10-21-15;/h3-5,8,10-11,16H,6-7,9H2,1-2H3;1H/t11-;/m1./s1. The summed E-state index contributed by atoms with van der Waals surface area (Å²) in [6.45, 7) is 5.63. The van der Waals surface area contributed by atoms with Gasteiger partial charge in [0.1, 0.15) is 5.01 Å². The third-order valence-electron chi connectivity index (χ3n) is 3.67. The molecule has 8 heteroatoms. The lowest BCUT2D eigenvalue weighted by molar-refractivity contribution is 0.310. The zero-order valence-electron chi connectivity index (χ0n) is 13.0. The molecule has 0 unspecified atom stereocenters. The Balaban J connectivity index is 0.00000192. The van der Waals surface area contributed by atoms with Gasteiger partial charge in [-0.25, -0.2) is 13.4 Å². The average molecular weight is 374 g/mol. The molecule has 1 aromatic carbocycles.